The van der Waals surface area contributed by atoms with Gasteiger partial charge in [-0.1, -0.05) is 91.0 Å². The largest absolute Gasteiger partial charge is 0.465 e. The van der Waals surface area contributed by atoms with Crippen molar-refractivity contribution in [1.29, 1.82) is 0 Å². The highest BCUT2D eigenvalue weighted by Gasteiger charge is 2.48. The maximum absolute atomic E-state index is 13.0. The number of Topliss-reactive ketones (excluding diaryl/α,β-unsaturated/α-hetero) is 1. The molecular weight excluding hydrogens is 360 g/mol. The zero-order valence-corrected chi connectivity index (χ0v) is 16.2. The third-order valence-corrected chi connectivity index (χ3v) is 5.70. The first-order chi connectivity index (χ1) is 14.2. The number of hydrogen-bond acceptors (Lipinski definition) is 3. The van der Waals surface area contributed by atoms with Crippen molar-refractivity contribution in [3.05, 3.63) is 108 Å². The van der Waals surface area contributed by atoms with Crippen LogP contribution >= 0.6 is 0 Å². The van der Waals surface area contributed by atoms with E-state index in [4.69, 9.17) is 4.74 Å². The molecule has 146 valence electrons. The molecule has 0 heterocycles. The Morgan fingerprint density at radius 2 is 1.34 bits per heavy atom. The van der Waals surface area contributed by atoms with Crippen molar-refractivity contribution in [3.8, 4) is 0 Å². The van der Waals surface area contributed by atoms with E-state index in [9.17, 15) is 9.59 Å². The molecule has 0 amide bonds. The standard InChI is InChI=1S/C26H24O3/c27-23-18-22(20-12-6-2-7-13-20)24(21-14-8-3-9-15-21)25(23)26(28)29-17-16-19-10-4-1-5-11-19/h1-15,22,24-25H,16-18H2. The van der Waals surface area contributed by atoms with Gasteiger partial charge in [-0.3, -0.25) is 9.59 Å². The number of rotatable bonds is 6. The minimum Gasteiger partial charge on any atom is -0.465 e. The smallest absolute Gasteiger partial charge is 0.317 e. The second kappa shape index (κ2) is 8.87. The monoisotopic (exact) mass is 384 g/mol. The molecule has 0 bridgehead atoms. The highest BCUT2D eigenvalue weighted by atomic mass is 16.5. The first-order valence-corrected chi connectivity index (χ1v) is 10.1. The Morgan fingerprint density at radius 1 is 0.793 bits per heavy atom. The number of ketones is 1. The van der Waals surface area contributed by atoms with E-state index in [0.29, 0.717) is 12.8 Å². The second-order valence-corrected chi connectivity index (χ2v) is 7.50. The molecule has 1 aliphatic rings. The van der Waals surface area contributed by atoms with Crippen LogP contribution in [0.3, 0.4) is 0 Å². The molecule has 1 fully saturated rings. The van der Waals surface area contributed by atoms with Gasteiger partial charge in [-0.25, -0.2) is 0 Å². The van der Waals surface area contributed by atoms with Gasteiger partial charge in [0.1, 0.15) is 11.7 Å². The summed E-state index contributed by atoms with van der Waals surface area (Å²) in [5.74, 6) is -1.40. The third-order valence-electron chi connectivity index (χ3n) is 5.70. The molecule has 3 nitrogen and oxygen atoms in total. The Bertz CT molecular complexity index is 951. The number of carbonyl (C=O) groups excluding carboxylic acids is 2. The van der Waals surface area contributed by atoms with Crippen LogP contribution in [-0.2, 0) is 20.7 Å². The van der Waals surface area contributed by atoms with Crippen LogP contribution in [0.25, 0.3) is 0 Å². The van der Waals surface area contributed by atoms with Crippen molar-refractivity contribution < 1.29 is 14.3 Å². The number of esters is 1. The van der Waals surface area contributed by atoms with Crippen LogP contribution in [0.15, 0.2) is 91.0 Å². The summed E-state index contributed by atoms with van der Waals surface area (Å²) in [7, 11) is 0. The second-order valence-electron chi connectivity index (χ2n) is 7.50. The van der Waals surface area contributed by atoms with Crippen LogP contribution in [0.2, 0.25) is 0 Å². The van der Waals surface area contributed by atoms with Crippen LogP contribution in [-0.4, -0.2) is 18.4 Å². The number of benzene rings is 3. The summed E-state index contributed by atoms with van der Waals surface area (Å²) in [5.41, 5.74) is 3.21. The molecule has 0 spiro atoms. The molecule has 1 saturated carbocycles. The summed E-state index contributed by atoms with van der Waals surface area (Å²) in [4.78, 5) is 25.9. The highest BCUT2D eigenvalue weighted by molar-refractivity contribution is 6.02. The summed E-state index contributed by atoms with van der Waals surface area (Å²) < 4.78 is 5.58. The molecule has 3 aromatic carbocycles. The Morgan fingerprint density at radius 3 is 1.97 bits per heavy atom. The van der Waals surface area contributed by atoms with Crippen molar-refractivity contribution in [2.45, 2.75) is 24.7 Å². The van der Waals surface area contributed by atoms with Crippen LogP contribution in [0.1, 0.15) is 34.9 Å². The van der Waals surface area contributed by atoms with Crippen LogP contribution in [0.5, 0.6) is 0 Å². The van der Waals surface area contributed by atoms with E-state index in [2.05, 4.69) is 0 Å². The molecule has 3 heteroatoms. The predicted octanol–water partition coefficient (Wildman–Crippen LogP) is 4.93. The maximum Gasteiger partial charge on any atom is 0.317 e. The Labute approximate surface area is 171 Å². The lowest BCUT2D eigenvalue weighted by Gasteiger charge is -2.24. The van der Waals surface area contributed by atoms with Crippen molar-refractivity contribution in [2.75, 3.05) is 6.61 Å². The first kappa shape index (κ1) is 19.1. The van der Waals surface area contributed by atoms with Crippen molar-refractivity contribution in [1.82, 2.24) is 0 Å². The maximum atomic E-state index is 13.0. The number of carbonyl (C=O) groups is 2. The fraction of sp³-hybridized carbons (Fsp3) is 0.231. The summed E-state index contributed by atoms with van der Waals surface area (Å²) >= 11 is 0. The first-order valence-electron chi connectivity index (χ1n) is 10.1. The van der Waals surface area contributed by atoms with Gasteiger partial charge in [-0.05, 0) is 22.6 Å². The molecule has 0 N–H and O–H groups in total. The molecule has 1 aliphatic carbocycles. The Hall–Kier alpha value is -3.20. The zero-order valence-electron chi connectivity index (χ0n) is 16.2. The van der Waals surface area contributed by atoms with Crippen molar-refractivity contribution >= 4 is 11.8 Å². The molecule has 0 aromatic heterocycles. The normalized spacial score (nSPS) is 21.1. The van der Waals surface area contributed by atoms with Gasteiger partial charge in [0.15, 0.2) is 0 Å². The molecule has 3 unspecified atom stereocenters. The predicted molar refractivity (Wildman–Crippen MR) is 113 cm³/mol. The van der Waals surface area contributed by atoms with E-state index in [1.165, 1.54) is 0 Å². The van der Waals surface area contributed by atoms with E-state index < -0.39 is 11.9 Å². The van der Waals surface area contributed by atoms with Gasteiger partial charge in [-0.2, -0.15) is 0 Å². The molecule has 29 heavy (non-hydrogen) atoms. The summed E-state index contributed by atoms with van der Waals surface area (Å²) in [5, 5.41) is 0. The van der Waals surface area contributed by atoms with Gasteiger partial charge in [0.05, 0.1) is 6.61 Å². The van der Waals surface area contributed by atoms with Gasteiger partial charge >= 0.3 is 5.97 Å². The molecule has 0 aliphatic heterocycles. The van der Waals surface area contributed by atoms with E-state index in [0.717, 1.165) is 16.7 Å². The average molecular weight is 384 g/mol. The average Bonchev–Trinajstić information content (AvgIpc) is 3.13. The van der Waals surface area contributed by atoms with Gasteiger partial charge in [-0.15, -0.1) is 0 Å². The topological polar surface area (TPSA) is 43.4 Å². The molecular formula is C26H24O3. The molecule has 0 radical (unpaired) electrons. The van der Waals surface area contributed by atoms with E-state index in [1.54, 1.807) is 0 Å². The minimum absolute atomic E-state index is 0.0160. The number of hydrogen-bond donors (Lipinski definition) is 0. The van der Waals surface area contributed by atoms with Gasteiger partial charge < -0.3 is 4.74 Å². The lowest BCUT2D eigenvalue weighted by Crippen LogP contribution is -2.27. The van der Waals surface area contributed by atoms with Crippen molar-refractivity contribution in [2.24, 2.45) is 5.92 Å². The van der Waals surface area contributed by atoms with Crippen LogP contribution < -0.4 is 0 Å². The molecule has 3 atom stereocenters. The zero-order chi connectivity index (χ0) is 20.1. The summed E-state index contributed by atoms with van der Waals surface area (Å²) in [6.45, 7) is 0.282. The highest BCUT2D eigenvalue weighted by Crippen LogP contribution is 2.48. The molecule has 4 rings (SSSR count). The third kappa shape index (κ3) is 4.29. The van der Waals surface area contributed by atoms with Crippen LogP contribution in [0, 0.1) is 5.92 Å². The summed E-state index contributed by atoms with van der Waals surface area (Å²) in [6, 6.07) is 29.8. The lowest BCUT2D eigenvalue weighted by atomic mass is 9.80. The van der Waals surface area contributed by atoms with Gasteiger partial charge in [0.25, 0.3) is 0 Å². The number of ether oxygens (including phenoxy) is 1. The van der Waals surface area contributed by atoms with E-state index in [1.807, 2.05) is 91.0 Å². The Kier molecular flexibility index (Phi) is 5.85. The fourth-order valence-corrected chi connectivity index (χ4v) is 4.31. The van der Waals surface area contributed by atoms with Crippen molar-refractivity contribution in [3.63, 3.8) is 0 Å². The van der Waals surface area contributed by atoms with Crippen LogP contribution in [0.4, 0.5) is 0 Å². The van der Waals surface area contributed by atoms with E-state index >= 15 is 0 Å². The van der Waals surface area contributed by atoms with Gasteiger partial charge in [0.2, 0.25) is 0 Å². The van der Waals surface area contributed by atoms with Gasteiger partial charge in [0, 0.05) is 18.8 Å². The fourth-order valence-electron chi connectivity index (χ4n) is 4.31. The SMILES string of the molecule is O=C1CC(c2ccccc2)C(c2ccccc2)C1C(=O)OCCc1ccccc1. The molecule has 3 aromatic rings. The quantitative estimate of drug-likeness (QED) is 0.447. The minimum atomic E-state index is -0.752. The molecule has 0 saturated heterocycles. The lowest BCUT2D eigenvalue weighted by molar-refractivity contribution is -0.151. The van der Waals surface area contributed by atoms with E-state index in [-0.39, 0.29) is 24.2 Å². The Balaban J connectivity index is 1.55. The summed E-state index contributed by atoms with van der Waals surface area (Å²) in [6.07, 6.45) is 1.01.